The summed E-state index contributed by atoms with van der Waals surface area (Å²) in [5.41, 5.74) is 4.62. The first-order valence-electron chi connectivity index (χ1n) is 10.1. The largest absolute Gasteiger partial charge is 0.495 e. The van der Waals surface area contributed by atoms with Crippen molar-refractivity contribution in [3.05, 3.63) is 78.0 Å². The van der Waals surface area contributed by atoms with Gasteiger partial charge in [-0.05, 0) is 61.4 Å². The van der Waals surface area contributed by atoms with Crippen LogP contribution in [0.5, 0.6) is 5.75 Å². The van der Waals surface area contributed by atoms with Crippen LogP contribution in [-0.2, 0) is 4.79 Å². The van der Waals surface area contributed by atoms with E-state index in [1.807, 2.05) is 41.0 Å². The first-order chi connectivity index (χ1) is 15.6. The van der Waals surface area contributed by atoms with Crippen LogP contribution >= 0.6 is 11.8 Å². The number of rotatable bonds is 7. The Morgan fingerprint density at radius 3 is 2.59 bits per heavy atom. The minimum atomic E-state index is -0.159. The summed E-state index contributed by atoms with van der Waals surface area (Å²) in [4.78, 5) is 17.1. The van der Waals surface area contributed by atoms with E-state index in [4.69, 9.17) is 4.74 Å². The van der Waals surface area contributed by atoms with E-state index in [-0.39, 0.29) is 11.7 Å². The third kappa shape index (κ3) is 4.65. The molecule has 7 nitrogen and oxygen atoms in total. The number of anilines is 1. The number of benzene rings is 2. The van der Waals surface area contributed by atoms with E-state index in [9.17, 15) is 4.79 Å². The van der Waals surface area contributed by atoms with E-state index in [0.29, 0.717) is 28.1 Å². The van der Waals surface area contributed by atoms with E-state index < -0.39 is 0 Å². The number of ether oxygens (including phenoxy) is 1. The Morgan fingerprint density at radius 1 is 1.03 bits per heavy atom. The summed E-state index contributed by atoms with van der Waals surface area (Å²) in [6.45, 7) is 4.14. The van der Waals surface area contributed by atoms with Crippen LogP contribution in [0.2, 0.25) is 0 Å². The average Bonchev–Trinajstić information content (AvgIpc) is 3.24. The third-order valence-electron chi connectivity index (χ3n) is 4.99. The molecule has 4 rings (SSSR count). The van der Waals surface area contributed by atoms with Crippen molar-refractivity contribution in [1.29, 1.82) is 0 Å². The van der Waals surface area contributed by atoms with Crippen LogP contribution in [0.1, 0.15) is 11.1 Å². The second-order valence-electron chi connectivity index (χ2n) is 7.16. The van der Waals surface area contributed by atoms with Gasteiger partial charge in [0, 0.05) is 6.20 Å². The fourth-order valence-corrected chi connectivity index (χ4v) is 3.94. The maximum absolute atomic E-state index is 12.6. The molecule has 8 heteroatoms. The van der Waals surface area contributed by atoms with Crippen molar-refractivity contribution in [1.82, 2.24) is 19.7 Å². The number of aryl methyl sites for hydroxylation is 2. The second-order valence-corrected chi connectivity index (χ2v) is 8.10. The summed E-state index contributed by atoms with van der Waals surface area (Å²) in [5.74, 6) is 1.25. The molecule has 0 spiro atoms. The predicted octanol–water partition coefficient (Wildman–Crippen LogP) is 4.69. The molecule has 32 heavy (non-hydrogen) atoms. The smallest absolute Gasteiger partial charge is 0.234 e. The number of hydrogen-bond acceptors (Lipinski definition) is 6. The number of nitrogens with one attached hydrogen (secondary N) is 1. The number of carbonyl (C=O) groups is 1. The van der Waals surface area contributed by atoms with Crippen molar-refractivity contribution in [3.8, 4) is 23.0 Å². The second kappa shape index (κ2) is 9.65. The Kier molecular flexibility index (Phi) is 6.51. The molecule has 0 saturated heterocycles. The number of hydrogen-bond donors (Lipinski definition) is 1. The highest BCUT2D eigenvalue weighted by Gasteiger charge is 2.18. The van der Waals surface area contributed by atoms with Gasteiger partial charge in [-0.3, -0.25) is 14.3 Å². The zero-order chi connectivity index (χ0) is 22.5. The van der Waals surface area contributed by atoms with Gasteiger partial charge in [-0.25, -0.2) is 0 Å². The van der Waals surface area contributed by atoms with E-state index in [0.717, 1.165) is 11.3 Å². The van der Waals surface area contributed by atoms with Crippen LogP contribution in [0.3, 0.4) is 0 Å². The Morgan fingerprint density at radius 2 is 1.84 bits per heavy atom. The van der Waals surface area contributed by atoms with Gasteiger partial charge in [0.25, 0.3) is 0 Å². The lowest BCUT2D eigenvalue weighted by Crippen LogP contribution is -2.15. The Balaban J connectivity index is 1.62. The molecular formula is C24H23N5O2S. The molecule has 2 aromatic carbocycles. The molecule has 1 N–H and O–H groups in total. The molecule has 0 saturated carbocycles. The third-order valence-corrected chi connectivity index (χ3v) is 5.92. The standard InChI is InChI=1S/C24H23N5O2S/c1-16-11-12-18(14-17(16)2)29-23(20-9-6-7-13-25-20)27-28-24(29)32-15-22(30)26-19-8-4-5-10-21(19)31-3/h4-14H,15H2,1-3H3,(H,26,30). The summed E-state index contributed by atoms with van der Waals surface area (Å²) in [6.07, 6.45) is 1.72. The molecule has 162 valence electrons. The molecular weight excluding hydrogens is 422 g/mol. The molecule has 0 radical (unpaired) electrons. The summed E-state index contributed by atoms with van der Waals surface area (Å²) in [7, 11) is 1.57. The Hall–Kier alpha value is -3.65. The van der Waals surface area contributed by atoms with Crippen LogP contribution in [0.4, 0.5) is 5.69 Å². The number of aromatic nitrogens is 4. The van der Waals surface area contributed by atoms with Crippen LogP contribution < -0.4 is 10.1 Å². The monoisotopic (exact) mass is 445 g/mol. The fourth-order valence-electron chi connectivity index (χ4n) is 3.19. The summed E-state index contributed by atoms with van der Waals surface area (Å²) in [6, 6.07) is 19.2. The van der Waals surface area contributed by atoms with E-state index in [1.165, 1.54) is 17.3 Å². The lowest BCUT2D eigenvalue weighted by atomic mass is 10.1. The zero-order valence-corrected chi connectivity index (χ0v) is 18.9. The molecule has 0 bridgehead atoms. The van der Waals surface area contributed by atoms with Gasteiger partial charge >= 0.3 is 0 Å². The molecule has 0 unspecified atom stereocenters. The Labute approximate surface area is 190 Å². The molecule has 0 aliphatic carbocycles. The van der Waals surface area contributed by atoms with Crippen molar-refractivity contribution in [2.45, 2.75) is 19.0 Å². The number of amides is 1. The summed E-state index contributed by atoms with van der Waals surface area (Å²) in [5, 5.41) is 12.3. The molecule has 2 heterocycles. The van der Waals surface area contributed by atoms with Crippen LogP contribution in [0, 0.1) is 13.8 Å². The average molecular weight is 446 g/mol. The number of para-hydroxylation sites is 2. The molecule has 0 aliphatic heterocycles. The number of nitrogens with zero attached hydrogens (tertiary/aromatic N) is 4. The number of methoxy groups -OCH3 is 1. The topological polar surface area (TPSA) is 81.9 Å². The van der Waals surface area contributed by atoms with Crippen LogP contribution in [0.15, 0.2) is 72.0 Å². The quantitative estimate of drug-likeness (QED) is 0.416. The maximum Gasteiger partial charge on any atom is 0.234 e. The minimum Gasteiger partial charge on any atom is -0.495 e. The van der Waals surface area contributed by atoms with Crippen molar-refractivity contribution >= 4 is 23.4 Å². The van der Waals surface area contributed by atoms with Crippen LogP contribution in [0.25, 0.3) is 17.2 Å². The van der Waals surface area contributed by atoms with Crippen molar-refractivity contribution in [2.24, 2.45) is 0 Å². The lowest BCUT2D eigenvalue weighted by Gasteiger charge is -2.12. The highest BCUT2D eigenvalue weighted by Crippen LogP contribution is 2.29. The lowest BCUT2D eigenvalue weighted by molar-refractivity contribution is -0.113. The first kappa shape index (κ1) is 21.6. The highest BCUT2D eigenvalue weighted by atomic mass is 32.2. The fraction of sp³-hybridized carbons (Fsp3) is 0.167. The predicted molar refractivity (Wildman–Crippen MR) is 126 cm³/mol. The number of carbonyl (C=O) groups excluding carboxylic acids is 1. The number of pyridine rings is 1. The molecule has 2 aromatic heterocycles. The van der Waals surface area contributed by atoms with E-state index in [2.05, 4.69) is 46.5 Å². The van der Waals surface area contributed by atoms with Gasteiger partial charge in [0.2, 0.25) is 5.91 Å². The molecule has 1 amide bonds. The van der Waals surface area contributed by atoms with E-state index >= 15 is 0 Å². The molecule has 0 aliphatic rings. The minimum absolute atomic E-state index is 0.159. The molecule has 4 aromatic rings. The zero-order valence-electron chi connectivity index (χ0n) is 18.1. The normalized spacial score (nSPS) is 10.7. The van der Waals surface area contributed by atoms with Crippen molar-refractivity contribution < 1.29 is 9.53 Å². The van der Waals surface area contributed by atoms with Gasteiger partial charge in [-0.1, -0.05) is 36.0 Å². The SMILES string of the molecule is COc1ccccc1NC(=O)CSc1nnc(-c2ccccn2)n1-c1ccc(C)c(C)c1. The van der Waals surface area contributed by atoms with Gasteiger partial charge in [-0.15, -0.1) is 10.2 Å². The Bertz CT molecular complexity index is 1240. The van der Waals surface area contributed by atoms with E-state index in [1.54, 1.807) is 25.4 Å². The van der Waals surface area contributed by atoms with Gasteiger partial charge in [0.15, 0.2) is 11.0 Å². The van der Waals surface area contributed by atoms with Crippen LogP contribution in [-0.4, -0.2) is 38.5 Å². The van der Waals surface area contributed by atoms with Crippen molar-refractivity contribution in [2.75, 3.05) is 18.2 Å². The van der Waals surface area contributed by atoms with Gasteiger partial charge < -0.3 is 10.1 Å². The first-order valence-corrected chi connectivity index (χ1v) is 11.1. The van der Waals surface area contributed by atoms with Gasteiger partial charge in [0.1, 0.15) is 11.4 Å². The maximum atomic E-state index is 12.6. The summed E-state index contributed by atoms with van der Waals surface area (Å²) >= 11 is 1.32. The van der Waals surface area contributed by atoms with Gasteiger partial charge in [0.05, 0.1) is 24.2 Å². The molecule has 0 fully saturated rings. The van der Waals surface area contributed by atoms with Crippen molar-refractivity contribution in [3.63, 3.8) is 0 Å². The molecule has 0 atom stereocenters. The van der Waals surface area contributed by atoms with Gasteiger partial charge in [-0.2, -0.15) is 0 Å². The highest BCUT2D eigenvalue weighted by molar-refractivity contribution is 7.99. The number of thioether (sulfide) groups is 1. The summed E-state index contributed by atoms with van der Waals surface area (Å²) < 4.78 is 7.24.